The summed E-state index contributed by atoms with van der Waals surface area (Å²) in [5.74, 6) is -0.127. The summed E-state index contributed by atoms with van der Waals surface area (Å²) in [5, 5.41) is 3.29. The first-order valence-corrected chi connectivity index (χ1v) is 9.62. The molecular weight excluding hydrogens is 362 g/mol. The van der Waals surface area contributed by atoms with Crippen LogP contribution in [0.15, 0.2) is 48.5 Å². The van der Waals surface area contributed by atoms with E-state index in [1.54, 1.807) is 0 Å². The van der Waals surface area contributed by atoms with Crippen molar-refractivity contribution < 1.29 is 14.3 Å². The number of hydrogen-bond acceptors (Lipinski definition) is 5. The minimum atomic E-state index is -0.228. The number of hydrogen-bond donors (Lipinski definition) is 1. The van der Waals surface area contributed by atoms with Crippen molar-refractivity contribution in [3.63, 3.8) is 0 Å². The van der Waals surface area contributed by atoms with Gasteiger partial charge in [-0.25, -0.2) is 4.98 Å². The minimum absolute atomic E-state index is 0.101. The highest BCUT2D eigenvalue weighted by molar-refractivity contribution is 7.20. The van der Waals surface area contributed by atoms with Gasteiger partial charge >= 0.3 is 0 Å². The molecule has 2 amide bonds. The zero-order chi connectivity index (χ0) is 18.6. The molecule has 0 bridgehead atoms. The summed E-state index contributed by atoms with van der Waals surface area (Å²) in [7, 11) is 0. The molecule has 1 aromatic heterocycles. The van der Waals surface area contributed by atoms with E-state index < -0.39 is 0 Å². The molecule has 0 saturated carbocycles. The molecule has 27 heavy (non-hydrogen) atoms. The largest absolute Gasteiger partial charge is 0.378 e. The second-order valence-electron chi connectivity index (χ2n) is 6.31. The Morgan fingerprint density at radius 3 is 2.56 bits per heavy atom. The normalized spacial score (nSPS) is 14.3. The van der Waals surface area contributed by atoms with E-state index in [0.29, 0.717) is 43.4 Å². The highest BCUT2D eigenvalue weighted by Gasteiger charge is 2.17. The molecule has 2 aromatic carbocycles. The lowest BCUT2D eigenvalue weighted by molar-refractivity contribution is -0.134. The molecule has 7 heteroatoms. The Morgan fingerprint density at radius 2 is 1.81 bits per heavy atom. The smallest absolute Gasteiger partial charge is 0.284 e. The lowest BCUT2D eigenvalue weighted by Gasteiger charge is -2.26. The summed E-state index contributed by atoms with van der Waals surface area (Å²) in [6.45, 7) is 2.50. The molecule has 2 heterocycles. The molecule has 3 aromatic rings. The van der Waals surface area contributed by atoms with E-state index in [1.807, 2.05) is 53.4 Å². The van der Waals surface area contributed by atoms with Crippen LogP contribution in [0.2, 0.25) is 0 Å². The number of nitrogens with one attached hydrogen (secondary N) is 1. The predicted molar refractivity (Wildman–Crippen MR) is 105 cm³/mol. The average molecular weight is 381 g/mol. The lowest BCUT2D eigenvalue weighted by atomic mass is 10.1. The minimum Gasteiger partial charge on any atom is -0.378 e. The Balaban J connectivity index is 1.38. The first-order chi connectivity index (χ1) is 13.2. The van der Waals surface area contributed by atoms with E-state index in [-0.39, 0.29) is 11.8 Å². The number of benzene rings is 2. The first-order valence-electron chi connectivity index (χ1n) is 8.80. The third-order valence-corrected chi connectivity index (χ3v) is 5.45. The zero-order valence-corrected chi connectivity index (χ0v) is 15.5. The van der Waals surface area contributed by atoms with Crippen molar-refractivity contribution >= 4 is 39.1 Å². The predicted octanol–water partition coefficient (Wildman–Crippen LogP) is 2.95. The molecule has 1 N–H and O–H groups in total. The van der Waals surface area contributed by atoms with Crippen molar-refractivity contribution in [3.05, 3.63) is 59.1 Å². The number of nitrogens with zero attached hydrogens (tertiary/aromatic N) is 2. The fraction of sp³-hybridized carbons (Fsp3) is 0.250. The van der Waals surface area contributed by atoms with Crippen LogP contribution in [0.1, 0.15) is 15.4 Å². The maximum Gasteiger partial charge on any atom is 0.284 e. The highest BCUT2D eigenvalue weighted by Crippen LogP contribution is 2.22. The molecule has 1 aliphatic heterocycles. The fourth-order valence-electron chi connectivity index (χ4n) is 2.96. The number of rotatable bonds is 4. The Bertz CT molecular complexity index is 929. The van der Waals surface area contributed by atoms with Gasteiger partial charge in [0.15, 0.2) is 5.01 Å². The van der Waals surface area contributed by atoms with E-state index >= 15 is 0 Å². The van der Waals surface area contributed by atoms with Gasteiger partial charge in [-0.1, -0.05) is 24.3 Å². The van der Waals surface area contributed by atoms with Gasteiger partial charge in [-0.05, 0) is 29.8 Å². The number of fused-ring (bicyclic) bond motifs is 1. The lowest BCUT2D eigenvalue weighted by Crippen LogP contribution is -2.41. The van der Waals surface area contributed by atoms with Crippen molar-refractivity contribution in [2.45, 2.75) is 6.42 Å². The monoisotopic (exact) mass is 381 g/mol. The van der Waals surface area contributed by atoms with Gasteiger partial charge in [-0.2, -0.15) is 0 Å². The van der Waals surface area contributed by atoms with Gasteiger partial charge in [0, 0.05) is 18.8 Å². The second kappa shape index (κ2) is 7.85. The van der Waals surface area contributed by atoms with Crippen LogP contribution in [0.3, 0.4) is 0 Å². The number of carbonyl (C=O) groups excluding carboxylic acids is 2. The van der Waals surface area contributed by atoms with Crippen molar-refractivity contribution in [1.82, 2.24) is 9.88 Å². The molecular formula is C20H19N3O3S. The molecule has 0 spiro atoms. The van der Waals surface area contributed by atoms with Gasteiger partial charge in [0.1, 0.15) is 0 Å². The Labute approximate surface area is 160 Å². The molecule has 6 nitrogen and oxygen atoms in total. The van der Waals surface area contributed by atoms with Crippen LogP contribution in [0.5, 0.6) is 0 Å². The second-order valence-corrected chi connectivity index (χ2v) is 7.34. The van der Waals surface area contributed by atoms with Crippen LogP contribution >= 0.6 is 11.3 Å². The van der Waals surface area contributed by atoms with Crippen LogP contribution in [0.4, 0.5) is 5.69 Å². The maximum atomic E-state index is 12.4. The highest BCUT2D eigenvalue weighted by atomic mass is 32.1. The maximum absolute atomic E-state index is 12.4. The number of amides is 2. The molecule has 0 aliphatic carbocycles. The molecule has 0 radical (unpaired) electrons. The summed E-state index contributed by atoms with van der Waals surface area (Å²) < 4.78 is 6.26. The molecule has 0 atom stereocenters. The van der Waals surface area contributed by atoms with E-state index in [9.17, 15) is 9.59 Å². The SMILES string of the molecule is O=C(Nc1ccc(CC(=O)N2CCOCC2)cc1)c1nc2ccccc2s1. The molecule has 1 saturated heterocycles. The zero-order valence-electron chi connectivity index (χ0n) is 14.7. The Kier molecular flexibility index (Phi) is 5.13. The van der Waals surface area contributed by atoms with Gasteiger partial charge < -0.3 is 15.0 Å². The summed E-state index contributed by atoms with van der Waals surface area (Å²) >= 11 is 1.37. The van der Waals surface area contributed by atoms with Crippen LogP contribution in [0, 0.1) is 0 Å². The van der Waals surface area contributed by atoms with Crippen molar-refractivity contribution in [2.75, 3.05) is 31.6 Å². The van der Waals surface area contributed by atoms with Crippen LogP contribution < -0.4 is 5.32 Å². The number of thiazole rings is 1. The van der Waals surface area contributed by atoms with Crippen molar-refractivity contribution in [3.8, 4) is 0 Å². The molecule has 138 valence electrons. The number of anilines is 1. The van der Waals surface area contributed by atoms with Crippen molar-refractivity contribution in [2.24, 2.45) is 0 Å². The van der Waals surface area contributed by atoms with Gasteiger partial charge in [0.05, 0.1) is 29.9 Å². The van der Waals surface area contributed by atoms with Gasteiger partial charge in [-0.15, -0.1) is 11.3 Å². The summed E-state index contributed by atoms with van der Waals surface area (Å²) in [5.41, 5.74) is 2.43. The van der Waals surface area contributed by atoms with Crippen LogP contribution in [-0.2, 0) is 16.0 Å². The fourth-order valence-corrected chi connectivity index (χ4v) is 3.82. The molecule has 1 fully saturated rings. The van der Waals surface area contributed by atoms with E-state index in [2.05, 4.69) is 10.3 Å². The number of ether oxygens (including phenoxy) is 1. The van der Waals surface area contributed by atoms with E-state index in [1.165, 1.54) is 11.3 Å². The third kappa shape index (κ3) is 4.15. The van der Waals surface area contributed by atoms with Crippen molar-refractivity contribution in [1.29, 1.82) is 0 Å². The van der Waals surface area contributed by atoms with Gasteiger partial charge in [-0.3, -0.25) is 9.59 Å². The molecule has 4 rings (SSSR count). The number of aromatic nitrogens is 1. The van der Waals surface area contributed by atoms with Gasteiger partial charge in [0.25, 0.3) is 5.91 Å². The van der Waals surface area contributed by atoms with Crippen LogP contribution in [-0.4, -0.2) is 48.0 Å². The topological polar surface area (TPSA) is 71.5 Å². The molecule has 0 unspecified atom stereocenters. The quantitative estimate of drug-likeness (QED) is 0.754. The Morgan fingerprint density at radius 1 is 1.07 bits per heavy atom. The third-order valence-electron chi connectivity index (χ3n) is 4.42. The number of para-hydroxylation sites is 1. The van der Waals surface area contributed by atoms with E-state index in [4.69, 9.17) is 4.74 Å². The van der Waals surface area contributed by atoms with E-state index in [0.717, 1.165) is 15.8 Å². The molecule has 1 aliphatic rings. The number of morpholine rings is 1. The Hall–Kier alpha value is -2.77. The number of carbonyl (C=O) groups is 2. The summed E-state index contributed by atoms with van der Waals surface area (Å²) in [6.07, 6.45) is 0.353. The first kappa shape index (κ1) is 17.6. The van der Waals surface area contributed by atoms with Gasteiger partial charge in [0.2, 0.25) is 5.91 Å². The average Bonchev–Trinajstić information content (AvgIpc) is 3.14. The van der Waals surface area contributed by atoms with Crippen LogP contribution in [0.25, 0.3) is 10.2 Å². The summed E-state index contributed by atoms with van der Waals surface area (Å²) in [6, 6.07) is 15.0. The summed E-state index contributed by atoms with van der Waals surface area (Å²) in [4.78, 5) is 30.9. The standard InChI is InChI=1S/C20H19N3O3S/c24-18(23-9-11-26-12-10-23)13-14-5-7-15(8-6-14)21-19(25)20-22-16-3-1-2-4-17(16)27-20/h1-8H,9-13H2,(H,21,25).